The van der Waals surface area contributed by atoms with Crippen LogP contribution in [0.3, 0.4) is 0 Å². The lowest BCUT2D eigenvalue weighted by Gasteiger charge is -2.10. The lowest BCUT2D eigenvalue weighted by Crippen LogP contribution is -2.35. The molecule has 0 aliphatic carbocycles. The van der Waals surface area contributed by atoms with Gasteiger partial charge in [0, 0.05) is 18.3 Å². The lowest BCUT2D eigenvalue weighted by molar-refractivity contribution is 0.0941. The number of nitrogens with one attached hydrogen (secondary N) is 2. The molecule has 2 rings (SSSR count). The van der Waals surface area contributed by atoms with Gasteiger partial charge in [0.25, 0.3) is 5.91 Å². The van der Waals surface area contributed by atoms with Gasteiger partial charge in [0.15, 0.2) is 9.84 Å². The summed E-state index contributed by atoms with van der Waals surface area (Å²) in [6.45, 7) is 0. The lowest BCUT2D eigenvalue weighted by atomic mass is 10.2. The Hall–Kier alpha value is -1.63. The summed E-state index contributed by atoms with van der Waals surface area (Å²) in [5, 5.41) is 2.63. The molecule has 17 heavy (non-hydrogen) atoms. The summed E-state index contributed by atoms with van der Waals surface area (Å²) in [5.74, 6) is -0.269. The summed E-state index contributed by atoms with van der Waals surface area (Å²) in [5.41, 5.74) is 0.0268. The van der Waals surface area contributed by atoms with Gasteiger partial charge in [-0.1, -0.05) is 0 Å². The van der Waals surface area contributed by atoms with Crippen LogP contribution in [-0.2, 0) is 9.84 Å². The van der Waals surface area contributed by atoms with Crippen LogP contribution in [-0.4, -0.2) is 36.9 Å². The van der Waals surface area contributed by atoms with E-state index in [1.54, 1.807) is 0 Å². The zero-order valence-electron chi connectivity index (χ0n) is 8.97. The van der Waals surface area contributed by atoms with E-state index in [0.29, 0.717) is 12.0 Å². The molecule has 2 N–H and O–H groups in total. The third-order valence-corrected chi connectivity index (χ3v) is 4.38. The Morgan fingerprint density at radius 2 is 2.18 bits per heavy atom. The van der Waals surface area contributed by atoms with E-state index in [9.17, 15) is 18.0 Å². The predicted octanol–water partition coefficient (Wildman–Crippen LogP) is -0.708. The van der Waals surface area contributed by atoms with E-state index in [4.69, 9.17) is 0 Å². The summed E-state index contributed by atoms with van der Waals surface area (Å²) in [7, 11) is -3.00. The molecule has 0 saturated carbocycles. The van der Waals surface area contributed by atoms with E-state index in [0.717, 1.165) is 0 Å². The highest BCUT2D eigenvalue weighted by Gasteiger charge is 2.29. The van der Waals surface area contributed by atoms with E-state index in [1.807, 2.05) is 0 Å². The number of pyridine rings is 1. The smallest absolute Gasteiger partial charge is 0.253 e. The number of aromatic amines is 1. The van der Waals surface area contributed by atoms with Crippen molar-refractivity contribution in [2.75, 3.05) is 11.5 Å². The molecule has 1 amide bonds. The largest absolute Gasteiger partial charge is 0.348 e. The van der Waals surface area contributed by atoms with Crippen molar-refractivity contribution < 1.29 is 13.2 Å². The second kappa shape index (κ2) is 4.33. The molecular formula is C10H12N2O4S. The van der Waals surface area contributed by atoms with Crippen LogP contribution in [0.25, 0.3) is 0 Å². The Morgan fingerprint density at radius 1 is 1.41 bits per heavy atom. The van der Waals surface area contributed by atoms with Crippen LogP contribution in [0.2, 0.25) is 0 Å². The normalized spacial score (nSPS) is 22.2. The van der Waals surface area contributed by atoms with Gasteiger partial charge in [-0.2, -0.15) is 0 Å². The van der Waals surface area contributed by atoms with E-state index in [-0.39, 0.29) is 29.0 Å². The quantitative estimate of drug-likeness (QED) is 0.730. The summed E-state index contributed by atoms with van der Waals surface area (Å²) in [6.07, 6.45) is 1.75. The third-order valence-electron chi connectivity index (χ3n) is 2.61. The average molecular weight is 256 g/mol. The summed E-state index contributed by atoms with van der Waals surface area (Å²) < 4.78 is 22.4. The predicted molar refractivity (Wildman–Crippen MR) is 61.6 cm³/mol. The maximum absolute atomic E-state index is 11.7. The molecule has 1 aliphatic rings. The molecule has 1 fully saturated rings. The minimum absolute atomic E-state index is 0.0118. The first-order chi connectivity index (χ1) is 7.96. The number of H-pyrrole nitrogens is 1. The summed E-state index contributed by atoms with van der Waals surface area (Å²) in [4.78, 5) is 24.9. The van der Waals surface area contributed by atoms with Gasteiger partial charge in [-0.05, 0) is 12.5 Å². The minimum atomic E-state index is -3.00. The van der Waals surface area contributed by atoms with Gasteiger partial charge in [-0.15, -0.1) is 0 Å². The fraction of sp³-hybridized carbons (Fsp3) is 0.400. The molecule has 0 aromatic carbocycles. The van der Waals surface area contributed by atoms with Gasteiger partial charge in [0.1, 0.15) is 0 Å². The van der Waals surface area contributed by atoms with Crippen molar-refractivity contribution in [2.24, 2.45) is 0 Å². The molecular weight excluding hydrogens is 244 g/mol. The number of carbonyl (C=O) groups excluding carboxylic acids is 1. The molecule has 1 aliphatic heterocycles. The molecule has 1 atom stereocenters. The molecule has 7 heteroatoms. The van der Waals surface area contributed by atoms with Crippen molar-refractivity contribution in [1.82, 2.24) is 10.3 Å². The number of carbonyl (C=O) groups is 1. The maximum atomic E-state index is 11.7. The Kier molecular flexibility index (Phi) is 3.01. The highest BCUT2D eigenvalue weighted by molar-refractivity contribution is 7.91. The van der Waals surface area contributed by atoms with Crippen LogP contribution >= 0.6 is 0 Å². The molecule has 1 saturated heterocycles. The topological polar surface area (TPSA) is 96.1 Å². The van der Waals surface area contributed by atoms with E-state index in [2.05, 4.69) is 10.3 Å². The molecule has 0 bridgehead atoms. The molecule has 1 aromatic rings. The first kappa shape index (κ1) is 11.8. The van der Waals surface area contributed by atoms with Crippen molar-refractivity contribution in [1.29, 1.82) is 0 Å². The van der Waals surface area contributed by atoms with Crippen molar-refractivity contribution in [3.63, 3.8) is 0 Å². The zero-order valence-corrected chi connectivity index (χ0v) is 9.79. The number of hydrogen-bond acceptors (Lipinski definition) is 4. The van der Waals surface area contributed by atoms with E-state index >= 15 is 0 Å². The van der Waals surface area contributed by atoms with Gasteiger partial charge in [-0.3, -0.25) is 9.59 Å². The van der Waals surface area contributed by atoms with Crippen molar-refractivity contribution in [2.45, 2.75) is 12.5 Å². The van der Waals surface area contributed by atoms with Crippen LogP contribution in [0.1, 0.15) is 16.8 Å². The highest BCUT2D eigenvalue weighted by Crippen LogP contribution is 2.11. The van der Waals surface area contributed by atoms with Gasteiger partial charge >= 0.3 is 0 Å². The van der Waals surface area contributed by atoms with Gasteiger partial charge in [0.2, 0.25) is 5.56 Å². The van der Waals surface area contributed by atoms with Gasteiger partial charge < -0.3 is 10.3 Å². The monoisotopic (exact) mass is 256 g/mol. The van der Waals surface area contributed by atoms with Crippen LogP contribution < -0.4 is 10.9 Å². The Balaban J connectivity index is 2.03. The number of amides is 1. The maximum Gasteiger partial charge on any atom is 0.253 e. The van der Waals surface area contributed by atoms with Crippen molar-refractivity contribution in [3.8, 4) is 0 Å². The SMILES string of the molecule is O=C(NC1CCS(=O)(=O)C1)c1ccc(=O)[nH]c1. The van der Waals surface area contributed by atoms with Crippen LogP contribution in [0.15, 0.2) is 23.1 Å². The second-order valence-corrected chi connectivity index (χ2v) is 6.24. The third kappa shape index (κ3) is 2.94. The Bertz CT molecular complexity index is 570. The first-order valence-electron chi connectivity index (χ1n) is 5.16. The van der Waals surface area contributed by atoms with Crippen LogP contribution in [0.5, 0.6) is 0 Å². The van der Waals surface area contributed by atoms with E-state index in [1.165, 1.54) is 18.3 Å². The van der Waals surface area contributed by atoms with Crippen LogP contribution in [0, 0.1) is 0 Å². The number of sulfone groups is 1. The summed E-state index contributed by atoms with van der Waals surface area (Å²) >= 11 is 0. The van der Waals surface area contributed by atoms with Crippen LogP contribution in [0.4, 0.5) is 0 Å². The first-order valence-corrected chi connectivity index (χ1v) is 6.98. The number of hydrogen-bond donors (Lipinski definition) is 2. The molecule has 92 valence electrons. The number of rotatable bonds is 2. The summed E-state index contributed by atoms with van der Waals surface area (Å²) in [6, 6.07) is 2.32. The van der Waals surface area contributed by atoms with Crippen molar-refractivity contribution in [3.05, 3.63) is 34.2 Å². The molecule has 1 aromatic heterocycles. The molecule has 2 heterocycles. The minimum Gasteiger partial charge on any atom is -0.348 e. The molecule has 6 nitrogen and oxygen atoms in total. The van der Waals surface area contributed by atoms with Gasteiger partial charge in [-0.25, -0.2) is 8.42 Å². The fourth-order valence-electron chi connectivity index (χ4n) is 1.73. The van der Waals surface area contributed by atoms with Gasteiger partial charge in [0.05, 0.1) is 17.1 Å². The standard InChI is InChI=1S/C10H12N2O4S/c13-9-2-1-7(5-11-9)10(14)12-8-3-4-17(15,16)6-8/h1-2,5,8H,3-4,6H2,(H,11,13)(H,12,14). The highest BCUT2D eigenvalue weighted by atomic mass is 32.2. The molecule has 0 spiro atoms. The molecule has 0 radical (unpaired) electrons. The fourth-order valence-corrected chi connectivity index (χ4v) is 3.40. The second-order valence-electron chi connectivity index (χ2n) is 4.02. The molecule has 1 unspecified atom stereocenters. The average Bonchev–Trinajstić information content (AvgIpc) is 2.59. The Labute approximate surface area is 98.0 Å². The zero-order chi connectivity index (χ0) is 12.5. The number of aromatic nitrogens is 1. The van der Waals surface area contributed by atoms with Crippen molar-refractivity contribution >= 4 is 15.7 Å². The Morgan fingerprint density at radius 3 is 2.71 bits per heavy atom. The van der Waals surface area contributed by atoms with E-state index < -0.39 is 9.84 Å².